The first-order chi connectivity index (χ1) is 8.45. The predicted molar refractivity (Wildman–Crippen MR) is 84.0 cm³/mol. The molecule has 2 N–H and O–H groups in total. The molecule has 0 radical (unpaired) electrons. The number of halogens is 3. The Hall–Kier alpha value is -0.400. The Morgan fingerprint density at radius 2 is 2.26 bits per heavy atom. The lowest BCUT2D eigenvalue weighted by molar-refractivity contribution is 0.0775. The number of carbonyl (C=O) groups excluding carboxylic acids is 1. The van der Waals surface area contributed by atoms with Crippen LogP contribution in [0.2, 0.25) is 0 Å². The summed E-state index contributed by atoms with van der Waals surface area (Å²) in [6, 6.07) is 4.30. The highest BCUT2D eigenvalue weighted by atomic mass is 127. The van der Waals surface area contributed by atoms with E-state index >= 15 is 0 Å². The van der Waals surface area contributed by atoms with Gasteiger partial charge in [0.1, 0.15) is 5.82 Å². The van der Waals surface area contributed by atoms with Crippen LogP contribution in [-0.2, 0) is 0 Å². The van der Waals surface area contributed by atoms with Gasteiger partial charge in [0, 0.05) is 16.7 Å². The van der Waals surface area contributed by atoms with Crippen molar-refractivity contribution in [1.82, 2.24) is 4.90 Å². The molecule has 0 saturated carbocycles. The molecule has 1 saturated heterocycles. The fourth-order valence-electron chi connectivity index (χ4n) is 2.20. The molecule has 19 heavy (non-hydrogen) atoms. The Morgan fingerprint density at radius 1 is 1.58 bits per heavy atom. The number of benzene rings is 1. The van der Waals surface area contributed by atoms with Crippen LogP contribution < -0.4 is 5.73 Å². The second-order valence-corrected chi connectivity index (χ2v) is 6.28. The summed E-state index contributed by atoms with van der Waals surface area (Å²) >= 11 is 2.06. The summed E-state index contributed by atoms with van der Waals surface area (Å²) in [7, 11) is 0. The number of carbonyl (C=O) groups is 1. The third kappa shape index (κ3) is 3.58. The minimum absolute atomic E-state index is 0. The zero-order chi connectivity index (χ0) is 13.3. The maximum absolute atomic E-state index is 13.2. The van der Waals surface area contributed by atoms with Crippen molar-refractivity contribution >= 4 is 40.9 Å². The van der Waals surface area contributed by atoms with Crippen LogP contribution in [0.1, 0.15) is 23.7 Å². The van der Waals surface area contributed by atoms with Gasteiger partial charge in [-0.2, -0.15) is 0 Å². The van der Waals surface area contributed by atoms with Gasteiger partial charge in [-0.1, -0.05) is 6.92 Å². The van der Waals surface area contributed by atoms with Crippen molar-refractivity contribution in [3.63, 3.8) is 0 Å². The summed E-state index contributed by atoms with van der Waals surface area (Å²) in [6.45, 7) is 3.99. The molecule has 1 fully saturated rings. The maximum Gasteiger partial charge on any atom is 0.255 e. The fourth-order valence-corrected chi connectivity index (χ4v) is 2.76. The number of hydrogen-bond acceptors (Lipinski definition) is 2. The van der Waals surface area contributed by atoms with Gasteiger partial charge in [0.25, 0.3) is 5.91 Å². The van der Waals surface area contributed by atoms with E-state index in [-0.39, 0.29) is 29.5 Å². The molecule has 0 aliphatic carbocycles. The Balaban J connectivity index is 0.00000180. The summed E-state index contributed by atoms with van der Waals surface area (Å²) in [6.07, 6.45) is 0.904. The van der Waals surface area contributed by atoms with E-state index in [1.165, 1.54) is 12.1 Å². The van der Waals surface area contributed by atoms with E-state index in [1.807, 2.05) is 0 Å². The SMILES string of the molecule is CC1(CN)CCN(C(=O)c2cc(F)ccc2I)C1.Cl. The van der Waals surface area contributed by atoms with Gasteiger partial charge in [0.2, 0.25) is 0 Å². The highest BCUT2D eigenvalue weighted by molar-refractivity contribution is 14.1. The highest BCUT2D eigenvalue weighted by Gasteiger charge is 2.35. The van der Waals surface area contributed by atoms with Crippen molar-refractivity contribution in [2.75, 3.05) is 19.6 Å². The van der Waals surface area contributed by atoms with Crippen LogP contribution in [0, 0.1) is 14.8 Å². The molecular weight excluding hydrogens is 382 g/mol. The number of nitrogens with two attached hydrogens (primary N) is 1. The average molecular weight is 399 g/mol. The lowest BCUT2D eigenvalue weighted by Crippen LogP contribution is -2.34. The average Bonchev–Trinajstić information content (AvgIpc) is 2.75. The van der Waals surface area contributed by atoms with Crippen molar-refractivity contribution < 1.29 is 9.18 Å². The van der Waals surface area contributed by atoms with Gasteiger partial charge in [-0.15, -0.1) is 12.4 Å². The van der Waals surface area contributed by atoms with E-state index in [0.717, 1.165) is 9.99 Å². The van der Waals surface area contributed by atoms with Gasteiger partial charge in [0.15, 0.2) is 0 Å². The van der Waals surface area contributed by atoms with Crippen LogP contribution in [0.4, 0.5) is 4.39 Å². The van der Waals surface area contributed by atoms with Crippen LogP contribution in [0.25, 0.3) is 0 Å². The molecule has 0 aromatic heterocycles. The fraction of sp³-hybridized carbons (Fsp3) is 0.462. The van der Waals surface area contributed by atoms with Gasteiger partial charge in [-0.3, -0.25) is 4.79 Å². The normalized spacial score (nSPS) is 22.2. The Morgan fingerprint density at radius 3 is 2.84 bits per heavy atom. The van der Waals surface area contributed by atoms with E-state index in [0.29, 0.717) is 25.2 Å². The zero-order valence-corrected chi connectivity index (χ0v) is 13.6. The third-order valence-electron chi connectivity index (χ3n) is 3.50. The van der Waals surface area contributed by atoms with Gasteiger partial charge in [0.05, 0.1) is 5.56 Å². The van der Waals surface area contributed by atoms with Crippen molar-refractivity contribution in [1.29, 1.82) is 0 Å². The lowest BCUT2D eigenvalue weighted by Gasteiger charge is -2.22. The van der Waals surface area contributed by atoms with Crippen molar-refractivity contribution in [3.8, 4) is 0 Å². The molecule has 1 aromatic rings. The third-order valence-corrected chi connectivity index (χ3v) is 4.44. The summed E-state index contributed by atoms with van der Waals surface area (Å²) in [5, 5.41) is 0. The van der Waals surface area contributed by atoms with Crippen LogP contribution in [-0.4, -0.2) is 30.4 Å². The molecular formula is C13H17ClFIN2O. The Kier molecular flexibility index (Phi) is 5.58. The zero-order valence-electron chi connectivity index (χ0n) is 10.7. The topological polar surface area (TPSA) is 46.3 Å². The summed E-state index contributed by atoms with van der Waals surface area (Å²) in [5.41, 5.74) is 6.16. The molecule has 106 valence electrons. The molecule has 1 amide bonds. The van der Waals surface area contributed by atoms with E-state index in [2.05, 4.69) is 29.5 Å². The maximum atomic E-state index is 13.2. The minimum Gasteiger partial charge on any atom is -0.338 e. The summed E-state index contributed by atoms with van der Waals surface area (Å²) in [5.74, 6) is -0.476. The monoisotopic (exact) mass is 398 g/mol. The summed E-state index contributed by atoms with van der Waals surface area (Å²) < 4.78 is 14.0. The quantitative estimate of drug-likeness (QED) is 0.779. The molecule has 0 spiro atoms. The van der Waals surface area contributed by atoms with Crippen LogP contribution in [0.3, 0.4) is 0 Å². The van der Waals surface area contributed by atoms with Gasteiger partial charge in [-0.05, 0) is 59.2 Å². The second kappa shape index (κ2) is 6.37. The van der Waals surface area contributed by atoms with Crippen LogP contribution in [0.5, 0.6) is 0 Å². The van der Waals surface area contributed by atoms with E-state index < -0.39 is 0 Å². The van der Waals surface area contributed by atoms with Crippen molar-refractivity contribution in [2.24, 2.45) is 11.1 Å². The molecule has 1 aliphatic rings. The number of amides is 1. The molecule has 0 bridgehead atoms. The largest absolute Gasteiger partial charge is 0.338 e. The first-order valence-corrected chi connectivity index (χ1v) is 6.97. The molecule has 3 nitrogen and oxygen atoms in total. The highest BCUT2D eigenvalue weighted by Crippen LogP contribution is 2.30. The Labute approximate surface area is 132 Å². The molecule has 2 rings (SSSR count). The molecule has 1 aliphatic heterocycles. The van der Waals surface area contributed by atoms with E-state index in [4.69, 9.17) is 5.73 Å². The number of likely N-dealkylation sites (tertiary alicyclic amines) is 1. The summed E-state index contributed by atoms with van der Waals surface area (Å²) in [4.78, 5) is 14.1. The lowest BCUT2D eigenvalue weighted by atomic mass is 9.90. The van der Waals surface area contributed by atoms with Crippen LogP contribution in [0.15, 0.2) is 18.2 Å². The van der Waals surface area contributed by atoms with E-state index in [1.54, 1.807) is 11.0 Å². The molecule has 1 unspecified atom stereocenters. The van der Waals surface area contributed by atoms with Gasteiger partial charge >= 0.3 is 0 Å². The molecule has 1 aromatic carbocycles. The molecule has 1 heterocycles. The molecule has 6 heteroatoms. The smallest absolute Gasteiger partial charge is 0.255 e. The second-order valence-electron chi connectivity index (χ2n) is 5.12. The van der Waals surface area contributed by atoms with Crippen LogP contribution >= 0.6 is 35.0 Å². The number of rotatable bonds is 2. The van der Waals surface area contributed by atoms with Gasteiger partial charge in [-0.25, -0.2) is 4.39 Å². The first kappa shape index (κ1) is 16.7. The Bertz CT molecular complexity index is 486. The van der Waals surface area contributed by atoms with Crippen molar-refractivity contribution in [2.45, 2.75) is 13.3 Å². The van der Waals surface area contributed by atoms with E-state index in [9.17, 15) is 9.18 Å². The van der Waals surface area contributed by atoms with Crippen molar-refractivity contribution in [3.05, 3.63) is 33.1 Å². The molecule has 1 atom stereocenters. The number of hydrogen-bond donors (Lipinski definition) is 1. The predicted octanol–water partition coefficient (Wildman–Crippen LogP) is 2.66. The standard InChI is InChI=1S/C13H16FIN2O.ClH/c1-13(7-16)4-5-17(8-13)12(18)10-6-9(14)2-3-11(10)15;/h2-3,6H,4-5,7-8,16H2,1H3;1H. The van der Waals surface area contributed by atoms with Gasteiger partial charge < -0.3 is 10.6 Å². The number of nitrogens with zero attached hydrogens (tertiary/aromatic N) is 1. The minimum atomic E-state index is -0.375. The first-order valence-electron chi connectivity index (χ1n) is 5.90.